The van der Waals surface area contributed by atoms with Crippen LogP contribution >= 0.6 is 11.3 Å². The van der Waals surface area contributed by atoms with E-state index in [1.807, 2.05) is 19.1 Å². The van der Waals surface area contributed by atoms with Crippen LogP contribution in [0.5, 0.6) is 11.6 Å². The van der Waals surface area contributed by atoms with Crippen molar-refractivity contribution in [1.82, 2.24) is 15.0 Å². The average molecular weight is 301 g/mol. The zero-order chi connectivity index (χ0) is 14.8. The van der Waals surface area contributed by atoms with Crippen molar-refractivity contribution in [2.45, 2.75) is 20.3 Å². The Morgan fingerprint density at radius 3 is 2.86 bits per heavy atom. The van der Waals surface area contributed by atoms with Crippen molar-refractivity contribution in [3.05, 3.63) is 35.0 Å². The molecule has 0 aliphatic rings. The number of hydrazine groups is 1. The topological polar surface area (TPSA) is 86.0 Å². The highest BCUT2D eigenvalue weighted by Gasteiger charge is 2.13. The number of aryl methyl sites for hydroxylation is 2. The molecule has 0 fully saturated rings. The standard InChI is InChI=1S/C14H15N5OS/c1-3-10-6-11-12(17-14(19-15)18-13(11)21-10)20-9-5-4-8(2)16-7-9/h4-7H,3,15H2,1-2H3,(H,17,18,19). The number of ether oxygens (including phenoxy) is 1. The van der Waals surface area contributed by atoms with Gasteiger partial charge in [-0.15, -0.1) is 11.3 Å². The molecule has 3 heterocycles. The molecule has 0 amide bonds. The van der Waals surface area contributed by atoms with Crippen LogP contribution in [-0.4, -0.2) is 15.0 Å². The van der Waals surface area contributed by atoms with Crippen molar-refractivity contribution >= 4 is 27.5 Å². The fraction of sp³-hybridized carbons (Fsp3) is 0.214. The van der Waals surface area contributed by atoms with Crippen LogP contribution < -0.4 is 16.0 Å². The number of fused-ring (bicyclic) bond motifs is 1. The Labute approximate surface area is 126 Å². The number of hydrogen-bond acceptors (Lipinski definition) is 7. The molecular weight excluding hydrogens is 286 g/mol. The molecule has 3 aromatic rings. The molecule has 7 heteroatoms. The summed E-state index contributed by atoms with van der Waals surface area (Å²) in [6.07, 6.45) is 2.61. The lowest BCUT2D eigenvalue weighted by molar-refractivity contribution is 0.466. The molecule has 0 atom stereocenters. The van der Waals surface area contributed by atoms with Crippen LogP contribution in [0.25, 0.3) is 10.2 Å². The van der Waals surface area contributed by atoms with E-state index in [9.17, 15) is 0 Å². The SMILES string of the molecule is CCc1cc2c(Oc3ccc(C)nc3)nc(NN)nc2s1. The minimum atomic E-state index is 0.335. The Kier molecular flexibility index (Phi) is 3.68. The second kappa shape index (κ2) is 5.63. The molecule has 6 nitrogen and oxygen atoms in total. The third-order valence-corrected chi connectivity index (χ3v) is 4.16. The summed E-state index contributed by atoms with van der Waals surface area (Å²) in [5.74, 6) is 6.87. The number of nitrogen functional groups attached to an aromatic ring is 1. The summed E-state index contributed by atoms with van der Waals surface area (Å²) in [6.45, 7) is 4.03. The smallest absolute Gasteiger partial charge is 0.241 e. The maximum absolute atomic E-state index is 5.84. The Bertz CT molecular complexity index is 769. The minimum absolute atomic E-state index is 0.335. The monoisotopic (exact) mass is 301 g/mol. The van der Waals surface area contributed by atoms with Crippen molar-refractivity contribution in [1.29, 1.82) is 0 Å². The quantitative estimate of drug-likeness (QED) is 0.569. The first-order valence-electron chi connectivity index (χ1n) is 6.57. The van der Waals surface area contributed by atoms with E-state index in [-0.39, 0.29) is 0 Å². The lowest BCUT2D eigenvalue weighted by Gasteiger charge is -2.07. The van der Waals surface area contributed by atoms with Crippen LogP contribution in [0.2, 0.25) is 0 Å². The zero-order valence-electron chi connectivity index (χ0n) is 11.8. The normalized spacial score (nSPS) is 10.8. The second-order valence-corrected chi connectivity index (χ2v) is 5.63. The van der Waals surface area contributed by atoms with Crippen molar-refractivity contribution in [3.63, 3.8) is 0 Å². The number of nitrogens with one attached hydrogen (secondary N) is 1. The van der Waals surface area contributed by atoms with Gasteiger partial charge in [0.2, 0.25) is 11.8 Å². The van der Waals surface area contributed by atoms with Crippen LogP contribution in [0.4, 0.5) is 5.95 Å². The Hall–Kier alpha value is -2.25. The highest BCUT2D eigenvalue weighted by atomic mass is 32.1. The lowest BCUT2D eigenvalue weighted by atomic mass is 10.3. The summed E-state index contributed by atoms with van der Waals surface area (Å²) in [5, 5.41) is 0.886. The first-order valence-corrected chi connectivity index (χ1v) is 7.39. The summed E-state index contributed by atoms with van der Waals surface area (Å²) in [4.78, 5) is 14.9. The third kappa shape index (κ3) is 2.79. The van der Waals surface area contributed by atoms with Crippen molar-refractivity contribution in [3.8, 4) is 11.6 Å². The van der Waals surface area contributed by atoms with Gasteiger partial charge in [0.1, 0.15) is 10.6 Å². The molecule has 3 rings (SSSR count). The van der Waals surface area contributed by atoms with Crippen molar-refractivity contribution < 1.29 is 4.74 Å². The summed E-state index contributed by atoms with van der Waals surface area (Å²) >= 11 is 1.61. The Morgan fingerprint density at radius 1 is 1.33 bits per heavy atom. The van der Waals surface area contributed by atoms with E-state index in [0.29, 0.717) is 17.6 Å². The second-order valence-electron chi connectivity index (χ2n) is 4.52. The third-order valence-electron chi connectivity index (χ3n) is 2.99. The van der Waals surface area contributed by atoms with E-state index < -0.39 is 0 Å². The molecule has 0 saturated heterocycles. The van der Waals surface area contributed by atoms with Crippen LogP contribution in [0.15, 0.2) is 24.4 Å². The number of pyridine rings is 1. The molecule has 0 saturated carbocycles. The van der Waals surface area contributed by atoms with Crippen LogP contribution in [0, 0.1) is 6.92 Å². The van der Waals surface area contributed by atoms with E-state index in [0.717, 1.165) is 22.3 Å². The van der Waals surface area contributed by atoms with Gasteiger partial charge in [0.15, 0.2) is 0 Å². The van der Waals surface area contributed by atoms with Gasteiger partial charge in [0, 0.05) is 10.6 Å². The Morgan fingerprint density at radius 2 is 2.19 bits per heavy atom. The van der Waals surface area contributed by atoms with Crippen LogP contribution in [0.3, 0.4) is 0 Å². The molecule has 0 radical (unpaired) electrons. The van der Waals surface area contributed by atoms with Crippen LogP contribution in [0.1, 0.15) is 17.5 Å². The summed E-state index contributed by atoms with van der Waals surface area (Å²) in [6, 6.07) is 5.80. The number of nitrogens with zero attached hydrogens (tertiary/aromatic N) is 3. The van der Waals surface area contributed by atoms with E-state index in [2.05, 4.69) is 33.4 Å². The van der Waals surface area contributed by atoms with Gasteiger partial charge < -0.3 is 4.74 Å². The van der Waals surface area contributed by atoms with Gasteiger partial charge in [-0.05, 0) is 31.5 Å². The average Bonchev–Trinajstić information content (AvgIpc) is 2.92. The molecule has 3 aromatic heterocycles. The number of thiophene rings is 1. The first kappa shape index (κ1) is 13.7. The fourth-order valence-corrected chi connectivity index (χ4v) is 2.85. The summed E-state index contributed by atoms with van der Waals surface area (Å²) < 4.78 is 5.84. The molecule has 21 heavy (non-hydrogen) atoms. The van der Waals surface area contributed by atoms with Gasteiger partial charge in [-0.25, -0.2) is 10.8 Å². The molecular formula is C14H15N5OS. The molecule has 0 spiro atoms. The maximum Gasteiger partial charge on any atom is 0.241 e. The predicted molar refractivity (Wildman–Crippen MR) is 83.7 cm³/mol. The molecule has 3 N–H and O–H groups in total. The van der Waals surface area contributed by atoms with E-state index >= 15 is 0 Å². The van der Waals surface area contributed by atoms with Gasteiger partial charge in [-0.1, -0.05) is 6.92 Å². The molecule has 0 bridgehead atoms. The van der Waals surface area contributed by atoms with Crippen molar-refractivity contribution in [2.24, 2.45) is 5.84 Å². The molecule has 0 aromatic carbocycles. The van der Waals surface area contributed by atoms with Gasteiger partial charge in [-0.3, -0.25) is 10.4 Å². The van der Waals surface area contributed by atoms with Gasteiger partial charge in [0.25, 0.3) is 0 Å². The number of anilines is 1. The maximum atomic E-state index is 5.84. The predicted octanol–water partition coefficient (Wildman–Crippen LogP) is 3.04. The zero-order valence-corrected chi connectivity index (χ0v) is 12.6. The lowest BCUT2D eigenvalue weighted by Crippen LogP contribution is -2.10. The summed E-state index contributed by atoms with van der Waals surface area (Å²) in [5.41, 5.74) is 3.40. The van der Waals surface area contributed by atoms with E-state index in [1.54, 1.807) is 17.5 Å². The minimum Gasteiger partial charge on any atom is -0.437 e. The van der Waals surface area contributed by atoms with Gasteiger partial charge in [0.05, 0.1) is 11.6 Å². The molecule has 0 unspecified atom stereocenters. The number of nitrogens with two attached hydrogens (primary N) is 1. The number of rotatable bonds is 4. The molecule has 0 aliphatic carbocycles. The van der Waals surface area contributed by atoms with Crippen LogP contribution in [-0.2, 0) is 6.42 Å². The highest BCUT2D eigenvalue weighted by molar-refractivity contribution is 7.18. The Balaban J connectivity index is 2.06. The number of hydrogen-bond donors (Lipinski definition) is 2. The van der Waals surface area contributed by atoms with Gasteiger partial charge in [-0.2, -0.15) is 4.98 Å². The van der Waals surface area contributed by atoms with Gasteiger partial charge >= 0.3 is 0 Å². The highest BCUT2D eigenvalue weighted by Crippen LogP contribution is 2.33. The largest absolute Gasteiger partial charge is 0.437 e. The molecule has 108 valence electrons. The van der Waals surface area contributed by atoms with E-state index in [1.165, 1.54) is 4.88 Å². The number of aromatic nitrogens is 3. The van der Waals surface area contributed by atoms with Crippen molar-refractivity contribution in [2.75, 3.05) is 5.43 Å². The summed E-state index contributed by atoms with van der Waals surface area (Å²) in [7, 11) is 0. The first-order chi connectivity index (χ1) is 10.2. The van der Waals surface area contributed by atoms with E-state index in [4.69, 9.17) is 10.6 Å². The molecule has 0 aliphatic heterocycles. The fourth-order valence-electron chi connectivity index (χ4n) is 1.89.